The van der Waals surface area contributed by atoms with Crippen molar-refractivity contribution in [2.24, 2.45) is 0 Å². The topological polar surface area (TPSA) is 58.9 Å². The summed E-state index contributed by atoms with van der Waals surface area (Å²) in [6.07, 6.45) is 0. The van der Waals surface area contributed by atoms with Gasteiger partial charge in [-0.25, -0.2) is 0 Å². The highest BCUT2D eigenvalue weighted by molar-refractivity contribution is 9.09. The summed E-state index contributed by atoms with van der Waals surface area (Å²) in [5, 5.41) is 17.1. The van der Waals surface area contributed by atoms with E-state index in [4.69, 9.17) is 10.2 Å². The minimum atomic E-state index is 0.0278. The van der Waals surface area contributed by atoms with Crippen molar-refractivity contribution in [3.8, 4) is 0 Å². The molecule has 0 spiro atoms. The van der Waals surface area contributed by atoms with Gasteiger partial charge in [0.15, 0.2) is 0 Å². The maximum atomic E-state index is 8.09. The van der Waals surface area contributed by atoms with Gasteiger partial charge in [-0.1, -0.05) is 15.9 Å². The van der Waals surface area contributed by atoms with E-state index in [1.54, 1.807) is 7.11 Å². The molecule has 0 saturated carbocycles. The van der Waals surface area contributed by atoms with Crippen molar-refractivity contribution in [3.05, 3.63) is 0 Å². The molecule has 4 nitrogen and oxygen atoms in total. The lowest BCUT2D eigenvalue weighted by atomic mass is 10.7. The Balaban J connectivity index is 0. The van der Waals surface area contributed by atoms with Crippen molar-refractivity contribution in [1.82, 2.24) is 0 Å². The van der Waals surface area contributed by atoms with Gasteiger partial charge in [-0.3, -0.25) is 0 Å². The van der Waals surface area contributed by atoms with E-state index in [1.807, 2.05) is 0 Å². The van der Waals surface area contributed by atoms with E-state index < -0.39 is 0 Å². The second-order valence-corrected chi connectivity index (χ2v) is 2.53. The van der Waals surface area contributed by atoms with Crippen LogP contribution in [0.25, 0.3) is 0 Å². The number of rotatable bonds is 6. The Morgan fingerprint density at radius 2 is 1.58 bits per heavy atom. The first kappa shape index (κ1) is 14.8. The number of hydrogen-bond donors (Lipinski definition) is 2. The molecule has 0 fully saturated rings. The van der Waals surface area contributed by atoms with E-state index in [-0.39, 0.29) is 13.2 Å². The predicted molar refractivity (Wildman–Crippen MR) is 50.7 cm³/mol. The van der Waals surface area contributed by atoms with Gasteiger partial charge in [0, 0.05) is 12.4 Å². The number of hydrogen-bond acceptors (Lipinski definition) is 4. The number of aliphatic hydroxyl groups excluding tert-OH is 2. The molecule has 12 heavy (non-hydrogen) atoms. The summed E-state index contributed by atoms with van der Waals surface area (Å²) in [7, 11) is 1.68. The third kappa shape index (κ3) is 22.4. The van der Waals surface area contributed by atoms with Crippen LogP contribution in [0.5, 0.6) is 0 Å². The molecule has 0 aliphatic rings. The Labute approximate surface area is 81.6 Å². The molecule has 0 aromatic rings. The molecule has 0 bridgehead atoms. The van der Waals surface area contributed by atoms with Gasteiger partial charge in [0.2, 0.25) is 0 Å². The minimum Gasteiger partial charge on any atom is -0.394 e. The fourth-order valence-corrected chi connectivity index (χ4v) is 0.632. The molecule has 0 radical (unpaired) electrons. The van der Waals surface area contributed by atoms with Gasteiger partial charge in [-0.05, 0) is 0 Å². The molecule has 0 aromatic carbocycles. The molecule has 0 unspecified atom stereocenters. The summed E-state index contributed by atoms with van der Waals surface area (Å²) in [5.74, 6) is 0. The quantitative estimate of drug-likeness (QED) is 0.511. The number of alkyl halides is 1. The SMILES string of the molecule is COCCBr.OCCOCCO. The fourth-order valence-electron chi connectivity index (χ4n) is 0.308. The van der Waals surface area contributed by atoms with E-state index in [2.05, 4.69) is 25.4 Å². The molecule has 0 rings (SSSR count). The van der Waals surface area contributed by atoms with Crippen LogP contribution in [0.1, 0.15) is 0 Å². The summed E-state index contributed by atoms with van der Waals surface area (Å²) in [6.45, 7) is 1.50. The highest BCUT2D eigenvalue weighted by Crippen LogP contribution is 1.75. The number of ether oxygens (including phenoxy) is 2. The van der Waals surface area contributed by atoms with Crippen LogP contribution in [-0.2, 0) is 9.47 Å². The molecule has 2 N–H and O–H groups in total. The van der Waals surface area contributed by atoms with Crippen LogP contribution in [-0.4, -0.2) is 55.7 Å². The zero-order valence-electron chi connectivity index (χ0n) is 7.33. The van der Waals surface area contributed by atoms with Gasteiger partial charge in [-0.15, -0.1) is 0 Å². The minimum absolute atomic E-state index is 0.0278. The van der Waals surface area contributed by atoms with Crippen molar-refractivity contribution in [3.63, 3.8) is 0 Å². The molecule has 0 aromatic heterocycles. The van der Waals surface area contributed by atoms with E-state index in [0.29, 0.717) is 13.2 Å². The number of methoxy groups -OCH3 is 1. The van der Waals surface area contributed by atoms with Gasteiger partial charge in [-0.2, -0.15) is 0 Å². The van der Waals surface area contributed by atoms with Crippen LogP contribution in [0, 0.1) is 0 Å². The summed E-state index contributed by atoms with van der Waals surface area (Å²) in [4.78, 5) is 0. The Bertz CT molecular complexity index is 57.4. The third-order valence-corrected chi connectivity index (χ3v) is 1.08. The summed E-state index contributed by atoms with van der Waals surface area (Å²) < 4.78 is 9.28. The molecule has 0 heterocycles. The third-order valence-electron chi connectivity index (χ3n) is 0.753. The molecular weight excluding hydrogens is 228 g/mol. The summed E-state index contributed by atoms with van der Waals surface area (Å²) >= 11 is 3.18. The second-order valence-electron chi connectivity index (χ2n) is 1.74. The average molecular weight is 245 g/mol. The van der Waals surface area contributed by atoms with Crippen LogP contribution >= 0.6 is 15.9 Å². The van der Waals surface area contributed by atoms with Crippen molar-refractivity contribution in [1.29, 1.82) is 0 Å². The average Bonchev–Trinajstić information content (AvgIpc) is 2.08. The van der Waals surface area contributed by atoms with Gasteiger partial charge in [0.1, 0.15) is 0 Å². The van der Waals surface area contributed by atoms with Gasteiger partial charge in [0.25, 0.3) is 0 Å². The Kier molecular flexibility index (Phi) is 21.5. The first-order chi connectivity index (χ1) is 5.83. The van der Waals surface area contributed by atoms with Crippen LogP contribution in [0.2, 0.25) is 0 Å². The van der Waals surface area contributed by atoms with Crippen molar-refractivity contribution in [2.75, 3.05) is 45.5 Å². The number of aliphatic hydroxyl groups is 2. The van der Waals surface area contributed by atoms with Crippen LogP contribution in [0.3, 0.4) is 0 Å². The monoisotopic (exact) mass is 244 g/mol. The Morgan fingerprint density at radius 1 is 1.08 bits per heavy atom. The van der Waals surface area contributed by atoms with Crippen molar-refractivity contribution >= 4 is 15.9 Å². The molecule has 0 atom stereocenters. The first-order valence-corrected chi connectivity index (χ1v) is 4.80. The zero-order chi connectivity index (χ0) is 9.66. The molecule has 5 heteroatoms. The molecule has 0 aliphatic carbocycles. The molecular formula is C7H17BrO4. The lowest BCUT2D eigenvalue weighted by molar-refractivity contribution is 0.0650. The normalized spacial score (nSPS) is 9.00. The maximum absolute atomic E-state index is 8.09. The first-order valence-electron chi connectivity index (χ1n) is 3.67. The standard InChI is InChI=1S/C4H10O3.C3H7BrO/c5-1-3-7-4-2-6;1-5-3-2-4/h5-6H,1-4H2;2-3H2,1H3. The van der Waals surface area contributed by atoms with Crippen molar-refractivity contribution < 1.29 is 19.7 Å². The van der Waals surface area contributed by atoms with E-state index in [1.165, 1.54) is 0 Å². The van der Waals surface area contributed by atoms with Crippen LogP contribution in [0.4, 0.5) is 0 Å². The maximum Gasteiger partial charge on any atom is 0.0698 e. The van der Waals surface area contributed by atoms with Crippen LogP contribution in [0.15, 0.2) is 0 Å². The molecule has 0 saturated heterocycles. The molecule has 0 amide bonds. The molecule has 76 valence electrons. The Hall–Kier alpha value is 0.320. The smallest absolute Gasteiger partial charge is 0.0698 e. The van der Waals surface area contributed by atoms with E-state index in [0.717, 1.165) is 11.9 Å². The highest BCUT2D eigenvalue weighted by Gasteiger charge is 1.79. The van der Waals surface area contributed by atoms with Gasteiger partial charge in [0.05, 0.1) is 33.0 Å². The number of halogens is 1. The lowest BCUT2D eigenvalue weighted by Crippen LogP contribution is -2.03. The highest BCUT2D eigenvalue weighted by atomic mass is 79.9. The van der Waals surface area contributed by atoms with Gasteiger partial charge < -0.3 is 19.7 Å². The Morgan fingerprint density at radius 3 is 1.75 bits per heavy atom. The largest absolute Gasteiger partial charge is 0.394 e. The van der Waals surface area contributed by atoms with E-state index in [9.17, 15) is 0 Å². The summed E-state index contributed by atoms with van der Waals surface area (Å²) in [5.41, 5.74) is 0. The fraction of sp³-hybridized carbons (Fsp3) is 1.00. The van der Waals surface area contributed by atoms with Crippen molar-refractivity contribution in [2.45, 2.75) is 0 Å². The predicted octanol–water partition coefficient (Wildman–Crippen LogP) is 0.0153. The zero-order valence-corrected chi connectivity index (χ0v) is 8.92. The van der Waals surface area contributed by atoms with Crippen LogP contribution < -0.4 is 0 Å². The van der Waals surface area contributed by atoms with E-state index >= 15 is 0 Å². The molecule has 0 aliphatic heterocycles. The lowest BCUT2D eigenvalue weighted by Gasteiger charge is -1.94. The van der Waals surface area contributed by atoms with Gasteiger partial charge >= 0.3 is 0 Å². The second kappa shape index (κ2) is 17.4. The summed E-state index contributed by atoms with van der Waals surface area (Å²) in [6, 6.07) is 0.